The van der Waals surface area contributed by atoms with Crippen LogP contribution < -0.4 is 16.0 Å². The molecule has 0 radical (unpaired) electrons. The Kier molecular flexibility index (Phi) is 5.95. The zero-order chi connectivity index (χ0) is 21.1. The maximum atomic E-state index is 15.3. The molecule has 1 aromatic heterocycles. The van der Waals surface area contributed by atoms with Crippen LogP contribution in [0.2, 0.25) is 0 Å². The van der Waals surface area contributed by atoms with Gasteiger partial charge >= 0.3 is 0 Å². The lowest BCUT2D eigenvalue weighted by atomic mass is 10.0. The number of nitrogens with two attached hydrogens (primary N) is 1. The van der Waals surface area contributed by atoms with Crippen molar-refractivity contribution in [2.45, 2.75) is 25.4 Å². The summed E-state index contributed by atoms with van der Waals surface area (Å²) < 4.78 is 15.3. The van der Waals surface area contributed by atoms with Crippen molar-refractivity contribution in [3.05, 3.63) is 41.5 Å². The number of amides is 2. The first-order valence-electron chi connectivity index (χ1n) is 9.42. The number of aromatic nitrogens is 1. The van der Waals surface area contributed by atoms with Crippen molar-refractivity contribution >= 4 is 29.4 Å². The number of aliphatic imine (C=N–C) groups is 1. The predicted octanol–water partition coefficient (Wildman–Crippen LogP) is 1.08. The minimum atomic E-state index is -0.540. The highest BCUT2D eigenvalue weighted by Gasteiger charge is 2.34. The maximum Gasteiger partial charge on any atom is 0.254 e. The molecular formula is C20H25FN6O2. The van der Waals surface area contributed by atoms with Gasteiger partial charge < -0.3 is 20.9 Å². The number of likely N-dealkylation sites (tertiary alicyclic amines) is 1. The van der Waals surface area contributed by atoms with E-state index in [0.717, 1.165) is 12.8 Å². The van der Waals surface area contributed by atoms with Crippen molar-refractivity contribution < 1.29 is 14.0 Å². The first-order chi connectivity index (χ1) is 13.9. The summed E-state index contributed by atoms with van der Waals surface area (Å²) in [6, 6.07) is -0.115. The van der Waals surface area contributed by atoms with Gasteiger partial charge in [0.05, 0.1) is 11.3 Å². The van der Waals surface area contributed by atoms with Gasteiger partial charge in [-0.1, -0.05) is 6.58 Å². The molecule has 2 aliphatic rings. The van der Waals surface area contributed by atoms with E-state index in [1.54, 1.807) is 23.9 Å². The lowest BCUT2D eigenvalue weighted by Gasteiger charge is -2.38. The van der Waals surface area contributed by atoms with E-state index in [2.05, 4.69) is 21.9 Å². The summed E-state index contributed by atoms with van der Waals surface area (Å²) in [6.07, 6.45) is 5.66. The molecule has 3 N–H and O–H groups in total. The number of allylic oxidation sites excluding steroid dienone is 1. The second-order valence-electron chi connectivity index (χ2n) is 7.04. The summed E-state index contributed by atoms with van der Waals surface area (Å²) in [7, 11) is 3.33. The van der Waals surface area contributed by atoms with Crippen molar-refractivity contribution in [2.24, 2.45) is 10.7 Å². The average molecular weight is 400 g/mol. The monoisotopic (exact) mass is 400 g/mol. The van der Waals surface area contributed by atoms with E-state index in [0.29, 0.717) is 24.4 Å². The van der Waals surface area contributed by atoms with Gasteiger partial charge in [0.1, 0.15) is 0 Å². The number of rotatable bonds is 5. The number of pyridine rings is 1. The molecule has 2 aliphatic heterocycles. The Morgan fingerprint density at radius 2 is 2.28 bits per heavy atom. The minimum Gasteiger partial charge on any atom is -0.404 e. The Balaban J connectivity index is 2.04. The highest BCUT2D eigenvalue weighted by Crippen LogP contribution is 2.32. The Morgan fingerprint density at radius 1 is 1.52 bits per heavy atom. The third kappa shape index (κ3) is 3.72. The van der Waals surface area contributed by atoms with Crippen molar-refractivity contribution in [1.82, 2.24) is 15.2 Å². The Labute approximate surface area is 169 Å². The molecule has 0 bridgehead atoms. The highest BCUT2D eigenvalue weighted by molar-refractivity contribution is 6.14. The fourth-order valence-corrected chi connectivity index (χ4v) is 3.80. The van der Waals surface area contributed by atoms with E-state index in [-0.39, 0.29) is 41.3 Å². The molecule has 29 heavy (non-hydrogen) atoms. The smallest absolute Gasteiger partial charge is 0.254 e. The van der Waals surface area contributed by atoms with E-state index in [9.17, 15) is 9.59 Å². The highest BCUT2D eigenvalue weighted by atomic mass is 19.1. The first-order valence-corrected chi connectivity index (χ1v) is 9.42. The van der Waals surface area contributed by atoms with Gasteiger partial charge in [-0.3, -0.25) is 14.6 Å². The molecule has 1 aromatic rings. The Morgan fingerprint density at radius 3 is 2.93 bits per heavy atom. The molecule has 0 aliphatic carbocycles. The number of carbonyl (C=O) groups is 2. The minimum absolute atomic E-state index is 0.0865. The van der Waals surface area contributed by atoms with Crippen LogP contribution in [0.4, 0.5) is 10.2 Å². The number of fused-ring (bicyclic) bond motifs is 1. The van der Waals surface area contributed by atoms with Crippen molar-refractivity contribution in [3.63, 3.8) is 0 Å². The molecule has 1 unspecified atom stereocenters. The Bertz CT molecular complexity index is 911. The number of anilines is 1. The van der Waals surface area contributed by atoms with E-state index < -0.39 is 5.82 Å². The van der Waals surface area contributed by atoms with Crippen LogP contribution in [0.3, 0.4) is 0 Å². The van der Waals surface area contributed by atoms with Crippen LogP contribution in [0.15, 0.2) is 23.8 Å². The number of halogens is 1. The number of hydrogen-bond donors (Lipinski definition) is 2. The number of likely N-dealkylation sites (N-methyl/N-ethyl adjacent to an activating group) is 1. The molecule has 8 nitrogen and oxygen atoms in total. The van der Waals surface area contributed by atoms with Gasteiger partial charge in [-0.05, 0) is 18.9 Å². The molecule has 3 heterocycles. The number of hydrogen-bond acceptors (Lipinski definition) is 6. The molecule has 1 atom stereocenters. The predicted molar refractivity (Wildman–Crippen MR) is 110 cm³/mol. The summed E-state index contributed by atoms with van der Waals surface area (Å²) in [4.78, 5) is 36.2. The van der Waals surface area contributed by atoms with Crippen LogP contribution in [0.5, 0.6) is 0 Å². The van der Waals surface area contributed by atoms with Crippen LogP contribution in [-0.4, -0.2) is 61.1 Å². The molecule has 154 valence electrons. The molecule has 3 rings (SSSR count). The Hall–Kier alpha value is -3.23. The van der Waals surface area contributed by atoms with Crippen LogP contribution >= 0.6 is 0 Å². The van der Waals surface area contributed by atoms with E-state index in [1.165, 1.54) is 18.5 Å². The van der Waals surface area contributed by atoms with Gasteiger partial charge in [-0.15, -0.1) is 0 Å². The van der Waals surface area contributed by atoms with Gasteiger partial charge in [-0.2, -0.15) is 0 Å². The van der Waals surface area contributed by atoms with Crippen molar-refractivity contribution in [3.8, 4) is 0 Å². The molecule has 1 fully saturated rings. The van der Waals surface area contributed by atoms with Gasteiger partial charge in [-0.25, -0.2) is 9.37 Å². The van der Waals surface area contributed by atoms with E-state index >= 15 is 4.39 Å². The summed E-state index contributed by atoms with van der Waals surface area (Å²) >= 11 is 0. The normalized spacial score (nSPS) is 19.3. The lowest BCUT2D eigenvalue weighted by Crippen LogP contribution is -2.48. The second kappa shape index (κ2) is 8.42. The van der Waals surface area contributed by atoms with E-state index in [1.807, 2.05) is 0 Å². The molecule has 0 aromatic carbocycles. The molecule has 2 amide bonds. The summed E-state index contributed by atoms with van der Waals surface area (Å²) in [5.41, 5.74) is 6.89. The second-order valence-corrected chi connectivity index (χ2v) is 7.04. The van der Waals surface area contributed by atoms with Crippen molar-refractivity contribution in [2.75, 3.05) is 32.1 Å². The zero-order valence-electron chi connectivity index (χ0n) is 16.6. The quantitative estimate of drug-likeness (QED) is 0.569. The maximum absolute atomic E-state index is 15.3. The number of carbonyl (C=O) groups excluding carboxylic acids is 2. The standard InChI is InChI=1S/C20H25FN6O2/c1-4-15(28)27-7-5-6-13(11-27)26(3)19-17(21)14-10-24-20(29)16(14)18(25-19)12(8-22)9-23-2/h4,8-9,13H,1,5-7,10-11,22H2,2-3H3,(H,24,29). The number of nitrogens with zero attached hydrogens (tertiary/aromatic N) is 4. The fraction of sp³-hybridized carbons (Fsp3) is 0.400. The summed E-state index contributed by atoms with van der Waals surface area (Å²) in [5, 5.41) is 2.65. The molecule has 1 saturated heterocycles. The third-order valence-corrected chi connectivity index (χ3v) is 5.36. The molecular weight excluding hydrogens is 375 g/mol. The van der Waals surface area contributed by atoms with Crippen LogP contribution in [0.1, 0.15) is 34.5 Å². The summed E-state index contributed by atoms with van der Waals surface area (Å²) in [6.45, 7) is 4.71. The van der Waals surface area contributed by atoms with E-state index in [4.69, 9.17) is 5.73 Å². The molecule has 0 spiro atoms. The molecule has 0 saturated carbocycles. The molecule has 9 heteroatoms. The first kappa shape index (κ1) is 20.5. The third-order valence-electron chi connectivity index (χ3n) is 5.36. The van der Waals surface area contributed by atoms with Gasteiger partial charge in [0, 0.05) is 63.3 Å². The zero-order valence-corrected chi connectivity index (χ0v) is 16.6. The van der Waals surface area contributed by atoms with Crippen LogP contribution in [0.25, 0.3) is 5.57 Å². The van der Waals surface area contributed by atoms with Gasteiger partial charge in [0.25, 0.3) is 5.91 Å². The lowest BCUT2D eigenvalue weighted by molar-refractivity contribution is -0.127. The van der Waals surface area contributed by atoms with Gasteiger partial charge in [0.2, 0.25) is 5.91 Å². The largest absolute Gasteiger partial charge is 0.404 e. The number of piperidine rings is 1. The topological polar surface area (TPSA) is 104 Å². The van der Waals surface area contributed by atoms with Crippen molar-refractivity contribution in [1.29, 1.82) is 0 Å². The summed E-state index contributed by atoms with van der Waals surface area (Å²) in [5.74, 6) is -0.952. The SMILES string of the molecule is C=CC(=O)N1CCCC(N(C)c2nc(C(C=NC)=CN)c3c(c2F)CNC3=O)C1. The number of nitrogens with one attached hydrogen (secondary N) is 1. The van der Waals surface area contributed by atoms with Crippen LogP contribution in [-0.2, 0) is 11.3 Å². The van der Waals surface area contributed by atoms with Gasteiger partial charge in [0.15, 0.2) is 11.6 Å². The average Bonchev–Trinajstić information content (AvgIpc) is 3.14. The fourth-order valence-electron chi connectivity index (χ4n) is 3.80. The van der Waals surface area contributed by atoms with Crippen LogP contribution in [0, 0.1) is 5.82 Å².